The average molecular weight is 218 g/mol. The number of hydrogen-bond acceptors (Lipinski definition) is 4. The Morgan fingerprint density at radius 3 is 2.38 bits per heavy atom. The first-order chi connectivity index (χ1) is 7.33. The van der Waals surface area contributed by atoms with Crippen LogP contribution >= 0.6 is 0 Å². The van der Waals surface area contributed by atoms with Crippen molar-refractivity contribution in [2.75, 3.05) is 5.32 Å². The molecule has 0 saturated carbocycles. The molecule has 4 nitrogen and oxygen atoms in total. The highest BCUT2D eigenvalue weighted by Gasteiger charge is 2.16. The lowest BCUT2D eigenvalue weighted by Crippen LogP contribution is -2.32. The van der Waals surface area contributed by atoms with E-state index in [0.717, 1.165) is 0 Å². The summed E-state index contributed by atoms with van der Waals surface area (Å²) in [4.78, 5) is 0. The molecular formula is C11H15BN2O2. The molecule has 5 heteroatoms. The van der Waals surface area contributed by atoms with Crippen LogP contribution in [0.1, 0.15) is 26.3 Å². The van der Waals surface area contributed by atoms with Crippen LogP contribution in [-0.4, -0.2) is 22.7 Å². The van der Waals surface area contributed by atoms with Gasteiger partial charge < -0.3 is 15.4 Å². The van der Waals surface area contributed by atoms with Crippen molar-refractivity contribution in [3.05, 3.63) is 23.8 Å². The zero-order valence-electron chi connectivity index (χ0n) is 9.65. The Morgan fingerprint density at radius 1 is 1.31 bits per heavy atom. The molecule has 0 spiro atoms. The lowest BCUT2D eigenvalue weighted by Gasteiger charge is -2.23. The number of nitrogens with zero attached hydrogens (tertiary/aromatic N) is 1. The Morgan fingerprint density at radius 2 is 1.94 bits per heavy atom. The van der Waals surface area contributed by atoms with Crippen molar-refractivity contribution in [3.8, 4) is 6.07 Å². The number of benzene rings is 1. The third-order valence-electron chi connectivity index (χ3n) is 1.97. The van der Waals surface area contributed by atoms with Gasteiger partial charge in [-0.2, -0.15) is 5.26 Å². The maximum Gasteiger partial charge on any atom is 0.488 e. The number of nitrogens with one attached hydrogen (secondary N) is 1. The van der Waals surface area contributed by atoms with E-state index in [1.165, 1.54) is 6.07 Å². The second kappa shape index (κ2) is 4.56. The van der Waals surface area contributed by atoms with Gasteiger partial charge in [0, 0.05) is 5.54 Å². The van der Waals surface area contributed by atoms with E-state index in [-0.39, 0.29) is 5.54 Å². The summed E-state index contributed by atoms with van der Waals surface area (Å²) in [5, 5.41) is 30.2. The lowest BCUT2D eigenvalue weighted by molar-refractivity contribution is 0.426. The first-order valence-electron chi connectivity index (χ1n) is 5.02. The summed E-state index contributed by atoms with van der Waals surface area (Å²) < 4.78 is 0. The fourth-order valence-electron chi connectivity index (χ4n) is 1.33. The summed E-state index contributed by atoms with van der Waals surface area (Å²) in [7, 11) is -1.52. The second-order valence-electron chi connectivity index (χ2n) is 4.67. The standard InChI is InChI=1S/C11H15BN2O2/c1-11(2,3)14-10-6-9(12(15)16)5-4-8(10)7-13/h4-6,14-16H,1-3H3. The van der Waals surface area contributed by atoms with Crippen LogP contribution in [0.5, 0.6) is 0 Å². The minimum absolute atomic E-state index is 0.190. The Bertz CT molecular complexity index is 419. The smallest absolute Gasteiger partial charge is 0.423 e. The molecule has 1 aromatic carbocycles. The van der Waals surface area contributed by atoms with Crippen molar-refractivity contribution < 1.29 is 10.0 Å². The van der Waals surface area contributed by atoms with Crippen molar-refractivity contribution in [1.29, 1.82) is 5.26 Å². The van der Waals surface area contributed by atoms with Crippen LogP contribution in [0.3, 0.4) is 0 Å². The molecule has 0 amide bonds. The van der Waals surface area contributed by atoms with Crippen LogP contribution in [0.2, 0.25) is 0 Å². The van der Waals surface area contributed by atoms with Gasteiger partial charge in [0.1, 0.15) is 6.07 Å². The Labute approximate surface area is 95.7 Å². The summed E-state index contributed by atoms with van der Waals surface area (Å²) in [5.41, 5.74) is 1.27. The van der Waals surface area contributed by atoms with Crippen LogP contribution in [0.4, 0.5) is 5.69 Å². The zero-order chi connectivity index (χ0) is 12.3. The number of rotatable bonds is 2. The maximum atomic E-state index is 9.05. The molecule has 16 heavy (non-hydrogen) atoms. The quantitative estimate of drug-likeness (QED) is 0.630. The third kappa shape index (κ3) is 3.26. The molecule has 0 fully saturated rings. The van der Waals surface area contributed by atoms with E-state index in [1.807, 2.05) is 20.8 Å². The van der Waals surface area contributed by atoms with Gasteiger partial charge in [-0.1, -0.05) is 6.07 Å². The average Bonchev–Trinajstić information content (AvgIpc) is 2.15. The van der Waals surface area contributed by atoms with E-state index >= 15 is 0 Å². The van der Waals surface area contributed by atoms with Gasteiger partial charge in [-0.05, 0) is 38.4 Å². The maximum absolute atomic E-state index is 9.05. The highest BCUT2D eigenvalue weighted by Crippen LogP contribution is 2.18. The van der Waals surface area contributed by atoms with Gasteiger partial charge >= 0.3 is 7.12 Å². The van der Waals surface area contributed by atoms with Crippen molar-refractivity contribution in [1.82, 2.24) is 0 Å². The van der Waals surface area contributed by atoms with Gasteiger partial charge in [0.25, 0.3) is 0 Å². The van der Waals surface area contributed by atoms with E-state index in [1.54, 1.807) is 12.1 Å². The molecular weight excluding hydrogens is 203 g/mol. The van der Waals surface area contributed by atoms with E-state index in [9.17, 15) is 0 Å². The van der Waals surface area contributed by atoms with E-state index in [0.29, 0.717) is 16.7 Å². The number of nitriles is 1. The monoisotopic (exact) mass is 218 g/mol. The van der Waals surface area contributed by atoms with E-state index < -0.39 is 7.12 Å². The molecule has 0 atom stereocenters. The number of hydrogen-bond donors (Lipinski definition) is 3. The normalized spacial score (nSPS) is 10.8. The Balaban J connectivity index is 3.14. The molecule has 0 radical (unpaired) electrons. The Hall–Kier alpha value is -1.51. The van der Waals surface area contributed by atoms with Gasteiger partial charge in [-0.25, -0.2) is 0 Å². The molecule has 0 bridgehead atoms. The molecule has 84 valence electrons. The molecule has 3 N–H and O–H groups in total. The molecule has 0 unspecified atom stereocenters. The zero-order valence-corrected chi connectivity index (χ0v) is 9.65. The fraction of sp³-hybridized carbons (Fsp3) is 0.364. The van der Waals surface area contributed by atoms with Crippen LogP contribution in [0, 0.1) is 11.3 Å². The minimum atomic E-state index is -1.52. The van der Waals surface area contributed by atoms with Crippen LogP contribution in [-0.2, 0) is 0 Å². The van der Waals surface area contributed by atoms with Crippen molar-refractivity contribution in [2.45, 2.75) is 26.3 Å². The molecule has 0 aliphatic rings. The third-order valence-corrected chi connectivity index (χ3v) is 1.97. The SMILES string of the molecule is CC(C)(C)Nc1cc(B(O)O)ccc1C#N. The van der Waals surface area contributed by atoms with E-state index in [4.69, 9.17) is 15.3 Å². The highest BCUT2D eigenvalue weighted by atomic mass is 16.4. The topological polar surface area (TPSA) is 76.3 Å². The molecule has 0 saturated heterocycles. The van der Waals surface area contributed by atoms with Gasteiger partial charge in [-0.15, -0.1) is 0 Å². The van der Waals surface area contributed by atoms with Crippen molar-refractivity contribution in [3.63, 3.8) is 0 Å². The van der Waals surface area contributed by atoms with Crippen molar-refractivity contribution in [2.24, 2.45) is 0 Å². The van der Waals surface area contributed by atoms with Crippen LogP contribution in [0.15, 0.2) is 18.2 Å². The van der Waals surface area contributed by atoms with Crippen LogP contribution in [0.25, 0.3) is 0 Å². The predicted molar refractivity (Wildman–Crippen MR) is 64.4 cm³/mol. The minimum Gasteiger partial charge on any atom is -0.423 e. The molecule has 0 heterocycles. The Kier molecular flexibility index (Phi) is 3.58. The summed E-state index contributed by atoms with van der Waals surface area (Å²) in [6.07, 6.45) is 0. The fourth-order valence-corrected chi connectivity index (χ4v) is 1.33. The first kappa shape index (κ1) is 12.6. The highest BCUT2D eigenvalue weighted by molar-refractivity contribution is 6.58. The van der Waals surface area contributed by atoms with Crippen molar-refractivity contribution >= 4 is 18.3 Å². The summed E-state index contributed by atoms with van der Waals surface area (Å²) in [6, 6.07) is 6.73. The molecule has 1 aromatic rings. The largest absolute Gasteiger partial charge is 0.488 e. The summed E-state index contributed by atoms with van der Waals surface area (Å²) >= 11 is 0. The summed E-state index contributed by atoms with van der Waals surface area (Å²) in [5.74, 6) is 0. The lowest BCUT2D eigenvalue weighted by atomic mass is 9.79. The first-order valence-corrected chi connectivity index (χ1v) is 5.02. The summed E-state index contributed by atoms with van der Waals surface area (Å²) in [6.45, 7) is 5.91. The molecule has 0 aliphatic heterocycles. The molecule has 1 rings (SSSR count). The second-order valence-corrected chi connectivity index (χ2v) is 4.67. The van der Waals surface area contributed by atoms with Gasteiger partial charge in [0.2, 0.25) is 0 Å². The van der Waals surface area contributed by atoms with Gasteiger partial charge in [-0.3, -0.25) is 0 Å². The molecule has 0 aromatic heterocycles. The molecule has 0 aliphatic carbocycles. The van der Waals surface area contributed by atoms with Gasteiger partial charge in [0.15, 0.2) is 0 Å². The van der Waals surface area contributed by atoms with Gasteiger partial charge in [0.05, 0.1) is 11.3 Å². The number of anilines is 1. The van der Waals surface area contributed by atoms with Crippen LogP contribution < -0.4 is 10.8 Å². The predicted octanol–water partition coefficient (Wildman–Crippen LogP) is 0.448. The van der Waals surface area contributed by atoms with E-state index in [2.05, 4.69) is 11.4 Å².